The van der Waals surface area contributed by atoms with E-state index in [0.717, 1.165) is 18.4 Å². The van der Waals surface area contributed by atoms with Gasteiger partial charge in [-0.1, -0.05) is 6.08 Å². The van der Waals surface area contributed by atoms with Crippen LogP contribution in [-0.2, 0) is 9.47 Å². The van der Waals surface area contributed by atoms with Crippen molar-refractivity contribution >= 4 is 6.09 Å². The van der Waals surface area contributed by atoms with E-state index in [4.69, 9.17) is 10.5 Å². The Bertz CT molecular complexity index is 368. The van der Waals surface area contributed by atoms with E-state index in [-0.39, 0.29) is 11.9 Å². The Morgan fingerprint density at radius 3 is 3.00 bits per heavy atom. The fraction of sp³-hybridized carbons (Fsp3) is 0.583. The average molecular weight is 271 g/mol. The van der Waals surface area contributed by atoms with Gasteiger partial charge in [0, 0.05) is 25.8 Å². The van der Waals surface area contributed by atoms with E-state index in [1.807, 2.05) is 6.08 Å². The van der Waals surface area contributed by atoms with Gasteiger partial charge in [0.1, 0.15) is 6.23 Å². The molecule has 108 valence electrons. The van der Waals surface area contributed by atoms with Gasteiger partial charge < -0.3 is 30.9 Å². The maximum atomic E-state index is 10.9. The highest BCUT2D eigenvalue weighted by Crippen LogP contribution is 2.14. The number of dihydropyridines is 1. The summed E-state index contributed by atoms with van der Waals surface area (Å²) in [6, 6.07) is -0.0411. The summed E-state index contributed by atoms with van der Waals surface area (Å²) in [5, 5.41) is 15.1. The molecule has 1 aliphatic heterocycles. The molecule has 7 nitrogen and oxygen atoms in total. The van der Waals surface area contributed by atoms with Crippen LogP contribution in [0.25, 0.3) is 0 Å². The smallest absolute Gasteiger partial charge is 0.406 e. The lowest BCUT2D eigenvalue weighted by Crippen LogP contribution is -2.35. The van der Waals surface area contributed by atoms with Gasteiger partial charge in [0.15, 0.2) is 5.88 Å². The molecule has 0 bridgehead atoms. The van der Waals surface area contributed by atoms with Gasteiger partial charge >= 0.3 is 6.09 Å². The van der Waals surface area contributed by atoms with Crippen molar-refractivity contribution in [3.63, 3.8) is 0 Å². The van der Waals surface area contributed by atoms with Gasteiger partial charge in [-0.05, 0) is 18.4 Å². The number of hydrogen-bond acceptors (Lipinski definition) is 6. The van der Waals surface area contributed by atoms with Gasteiger partial charge in [-0.3, -0.25) is 0 Å². The second kappa shape index (κ2) is 7.65. The maximum absolute atomic E-state index is 10.9. The molecule has 0 aliphatic carbocycles. The van der Waals surface area contributed by atoms with Crippen molar-refractivity contribution < 1.29 is 19.4 Å². The third-order valence-corrected chi connectivity index (χ3v) is 2.76. The van der Waals surface area contributed by atoms with Crippen molar-refractivity contribution in [2.24, 2.45) is 5.73 Å². The number of aliphatic hydroxyl groups is 1. The molecule has 19 heavy (non-hydrogen) atoms. The zero-order valence-corrected chi connectivity index (χ0v) is 11.2. The minimum Gasteiger partial charge on any atom is -0.495 e. The molecular weight excluding hydrogens is 250 g/mol. The van der Waals surface area contributed by atoms with E-state index < -0.39 is 12.3 Å². The summed E-state index contributed by atoms with van der Waals surface area (Å²) < 4.78 is 9.47. The van der Waals surface area contributed by atoms with Crippen LogP contribution in [0.5, 0.6) is 0 Å². The lowest BCUT2D eigenvalue weighted by atomic mass is 10.0. The summed E-state index contributed by atoms with van der Waals surface area (Å²) in [6.45, 7) is 0.509. The van der Waals surface area contributed by atoms with E-state index in [1.54, 1.807) is 0 Å². The van der Waals surface area contributed by atoms with Crippen LogP contribution in [0.2, 0.25) is 0 Å². The first-order valence-corrected chi connectivity index (χ1v) is 6.06. The SMILES string of the molecule is COC(=O)NCCCC1C=C([C@H](N)OC)C=C(O)N1. The normalized spacial score (nSPS) is 19.8. The van der Waals surface area contributed by atoms with Gasteiger partial charge in [0.05, 0.1) is 7.11 Å². The summed E-state index contributed by atoms with van der Waals surface area (Å²) in [6.07, 6.45) is 3.93. The van der Waals surface area contributed by atoms with Crippen molar-refractivity contribution in [1.82, 2.24) is 10.6 Å². The molecule has 0 aromatic heterocycles. The number of alkyl carbamates (subject to hydrolysis) is 1. The molecule has 0 radical (unpaired) electrons. The number of carbonyl (C=O) groups is 1. The molecule has 0 aromatic rings. The first-order chi connectivity index (χ1) is 9.06. The van der Waals surface area contributed by atoms with E-state index >= 15 is 0 Å². The van der Waals surface area contributed by atoms with Gasteiger partial charge in [0.25, 0.3) is 0 Å². The number of amides is 1. The Labute approximate surface area is 112 Å². The van der Waals surface area contributed by atoms with Crippen LogP contribution >= 0.6 is 0 Å². The maximum Gasteiger partial charge on any atom is 0.406 e. The third kappa shape index (κ3) is 5.19. The van der Waals surface area contributed by atoms with Crippen molar-refractivity contribution in [2.45, 2.75) is 25.1 Å². The Morgan fingerprint density at radius 2 is 2.37 bits per heavy atom. The van der Waals surface area contributed by atoms with Crippen LogP contribution in [0.1, 0.15) is 12.8 Å². The molecule has 0 fully saturated rings. The van der Waals surface area contributed by atoms with Crippen LogP contribution in [0, 0.1) is 0 Å². The summed E-state index contributed by atoms with van der Waals surface area (Å²) in [4.78, 5) is 10.9. The van der Waals surface area contributed by atoms with E-state index in [0.29, 0.717) is 6.54 Å². The topological polar surface area (TPSA) is 106 Å². The monoisotopic (exact) mass is 271 g/mol. The largest absolute Gasteiger partial charge is 0.495 e. The van der Waals surface area contributed by atoms with Crippen LogP contribution in [0.4, 0.5) is 4.79 Å². The molecule has 1 aliphatic rings. The highest BCUT2D eigenvalue weighted by molar-refractivity contribution is 5.66. The minimum absolute atomic E-state index is 0.0411. The number of methoxy groups -OCH3 is 2. The fourth-order valence-corrected chi connectivity index (χ4v) is 1.76. The molecule has 1 unspecified atom stereocenters. The van der Waals surface area contributed by atoms with Crippen molar-refractivity contribution in [3.8, 4) is 0 Å². The Kier molecular flexibility index (Phi) is 6.17. The van der Waals surface area contributed by atoms with Crippen molar-refractivity contribution in [3.05, 3.63) is 23.6 Å². The molecule has 0 spiro atoms. The van der Waals surface area contributed by atoms with Crippen molar-refractivity contribution in [2.75, 3.05) is 20.8 Å². The van der Waals surface area contributed by atoms with Gasteiger partial charge in [0.2, 0.25) is 0 Å². The van der Waals surface area contributed by atoms with Gasteiger partial charge in [-0.2, -0.15) is 0 Å². The molecule has 0 aromatic carbocycles. The highest BCUT2D eigenvalue weighted by Gasteiger charge is 2.17. The first-order valence-electron chi connectivity index (χ1n) is 6.06. The van der Waals surface area contributed by atoms with Crippen LogP contribution in [-0.4, -0.2) is 44.2 Å². The first kappa shape index (κ1) is 15.3. The molecule has 1 amide bonds. The van der Waals surface area contributed by atoms with Gasteiger partial charge in [-0.15, -0.1) is 0 Å². The second-order valence-electron chi connectivity index (χ2n) is 4.16. The number of nitrogens with two attached hydrogens (primary N) is 1. The summed E-state index contributed by atoms with van der Waals surface area (Å²) in [5.41, 5.74) is 6.46. The molecule has 5 N–H and O–H groups in total. The summed E-state index contributed by atoms with van der Waals surface area (Å²) in [5.74, 6) is 0.0657. The third-order valence-electron chi connectivity index (χ3n) is 2.76. The highest BCUT2D eigenvalue weighted by atomic mass is 16.5. The molecule has 0 saturated heterocycles. The molecule has 2 atom stereocenters. The number of rotatable bonds is 6. The number of ether oxygens (including phenoxy) is 2. The zero-order chi connectivity index (χ0) is 14.3. The standard InChI is InChI=1S/C12H21N3O4/c1-18-11(13)8-6-9(15-10(16)7-8)4-3-5-14-12(17)19-2/h6-7,9,11,15-16H,3-5,13H2,1-2H3,(H,14,17)/t9?,11-/m1/s1. The summed E-state index contributed by atoms with van der Waals surface area (Å²) in [7, 11) is 2.83. The fourth-order valence-electron chi connectivity index (χ4n) is 1.76. The molecule has 0 saturated carbocycles. The van der Waals surface area contributed by atoms with Crippen LogP contribution < -0.4 is 16.4 Å². The zero-order valence-electron chi connectivity index (χ0n) is 11.2. The number of nitrogens with one attached hydrogen (secondary N) is 2. The van der Waals surface area contributed by atoms with E-state index in [2.05, 4.69) is 15.4 Å². The average Bonchev–Trinajstić information content (AvgIpc) is 2.41. The second-order valence-corrected chi connectivity index (χ2v) is 4.16. The predicted octanol–water partition coefficient (Wildman–Crippen LogP) is 0.351. The van der Waals surface area contributed by atoms with E-state index in [9.17, 15) is 9.90 Å². The van der Waals surface area contributed by atoms with Gasteiger partial charge in [-0.25, -0.2) is 4.79 Å². The van der Waals surface area contributed by atoms with Crippen molar-refractivity contribution in [1.29, 1.82) is 0 Å². The minimum atomic E-state index is -0.556. The van der Waals surface area contributed by atoms with E-state index in [1.165, 1.54) is 20.3 Å². The molecule has 1 rings (SSSR count). The lowest BCUT2D eigenvalue weighted by molar-refractivity contribution is 0.138. The lowest BCUT2D eigenvalue weighted by Gasteiger charge is -2.23. The summed E-state index contributed by atoms with van der Waals surface area (Å²) >= 11 is 0. The quantitative estimate of drug-likeness (QED) is 0.410. The Balaban J connectivity index is 2.40. The number of hydrogen-bond donors (Lipinski definition) is 4. The van der Waals surface area contributed by atoms with Crippen LogP contribution in [0.3, 0.4) is 0 Å². The number of aliphatic hydroxyl groups excluding tert-OH is 1. The predicted molar refractivity (Wildman–Crippen MR) is 70.3 cm³/mol. The molecule has 7 heteroatoms. The molecule has 1 heterocycles. The Morgan fingerprint density at radius 1 is 1.63 bits per heavy atom. The Hall–Kier alpha value is -1.73. The number of carbonyl (C=O) groups excluding carboxylic acids is 1. The van der Waals surface area contributed by atoms with Crippen LogP contribution in [0.15, 0.2) is 23.6 Å². The molecular formula is C12H21N3O4.